The smallest absolute Gasteiger partial charge is 0.330 e. The van der Waals surface area contributed by atoms with Gasteiger partial charge in [-0.2, -0.15) is 0 Å². The van der Waals surface area contributed by atoms with Gasteiger partial charge in [-0.3, -0.25) is 4.79 Å². The van der Waals surface area contributed by atoms with Crippen LogP contribution in [0.2, 0.25) is 0 Å². The van der Waals surface area contributed by atoms with Crippen LogP contribution in [0.5, 0.6) is 23.0 Å². The lowest BCUT2D eigenvalue weighted by atomic mass is 9.97. The zero-order valence-electron chi connectivity index (χ0n) is 25.4. The molecule has 2 aromatic carbocycles. The van der Waals surface area contributed by atoms with Crippen molar-refractivity contribution in [3.8, 4) is 23.0 Å². The number of aromatic hydroxyl groups is 4. The summed E-state index contributed by atoms with van der Waals surface area (Å²) in [6.45, 7) is 1.83. The normalized spacial score (nSPS) is 31.0. The van der Waals surface area contributed by atoms with E-state index in [0.717, 1.165) is 13.0 Å². The first-order valence-electron chi connectivity index (χ1n) is 14.6. The van der Waals surface area contributed by atoms with Gasteiger partial charge in [0.05, 0.1) is 12.7 Å². The minimum atomic E-state index is -1.78. The molecule has 2 aromatic rings. The van der Waals surface area contributed by atoms with E-state index in [1.54, 1.807) is 0 Å². The van der Waals surface area contributed by atoms with Gasteiger partial charge in [-0.15, -0.1) is 0 Å². The number of aliphatic hydroxyl groups excluding tert-OH is 4. The molecule has 0 aromatic heterocycles. The van der Waals surface area contributed by atoms with Crippen LogP contribution in [0.3, 0.4) is 0 Å². The van der Waals surface area contributed by atoms with Gasteiger partial charge in [0.15, 0.2) is 41.7 Å². The fraction of sp³-hybridized carbons (Fsp3) is 0.484. The number of carbonyl (C=O) groups excluding carboxylic acids is 2. The quantitative estimate of drug-likeness (QED) is 0.0859. The average molecular weight is 667 g/mol. The molecule has 0 saturated carbocycles. The van der Waals surface area contributed by atoms with Gasteiger partial charge in [-0.1, -0.05) is 12.1 Å². The third-order valence-electron chi connectivity index (χ3n) is 7.53. The predicted molar refractivity (Wildman–Crippen MR) is 157 cm³/mol. The molecule has 2 heterocycles. The zero-order valence-corrected chi connectivity index (χ0v) is 25.4. The maximum absolute atomic E-state index is 12.5. The maximum Gasteiger partial charge on any atom is 0.330 e. The van der Waals surface area contributed by atoms with Gasteiger partial charge < -0.3 is 69.3 Å². The highest BCUT2D eigenvalue weighted by Crippen LogP contribution is 2.32. The van der Waals surface area contributed by atoms with Crippen LogP contribution < -0.4 is 0 Å². The van der Waals surface area contributed by atoms with Crippen molar-refractivity contribution in [2.24, 2.45) is 0 Å². The van der Waals surface area contributed by atoms with Gasteiger partial charge in [-0.05, 0) is 54.8 Å². The molecule has 2 aliphatic rings. The largest absolute Gasteiger partial charge is 0.504 e. The maximum atomic E-state index is 12.5. The van der Waals surface area contributed by atoms with Gasteiger partial charge in [0.25, 0.3) is 0 Å². The van der Waals surface area contributed by atoms with E-state index < -0.39 is 85.7 Å². The third kappa shape index (κ3) is 9.09. The van der Waals surface area contributed by atoms with E-state index in [2.05, 4.69) is 0 Å². The molecule has 0 aliphatic carbocycles. The second-order valence-electron chi connectivity index (χ2n) is 11.0. The molecule has 0 unspecified atom stereocenters. The van der Waals surface area contributed by atoms with Crippen LogP contribution in [-0.4, -0.2) is 127 Å². The van der Waals surface area contributed by atoms with Crippen molar-refractivity contribution in [3.63, 3.8) is 0 Å². The molecule has 16 heteroatoms. The van der Waals surface area contributed by atoms with Gasteiger partial charge in [-0.25, -0.2) is 4.79 Å². The summed E-state index contributed by atoms with van der Waals surface area (Å²) in [4.78, 5) is 24.6. The van der Waals surface area contributed by atoms with Crippen LogP contribution >= 0.6 is 0 Å². The lowest BCUT2D eigenvalue weighted by Gasteiger charge is -2.46. The van der Waals surface area contributed by atoms with Crippen molar-refractivity contribution in [2.75, 3.05) is 13.2 Å². The Morgan fingerprint density at radius 1 is 0.809 bits per heavy atom. The molecule has 16 nitrogen and oxygen atoms in total. The second kappa shape index (κ2) is 15.7. The van der Waals surface area contributed by atoms with E-state index in [0.29, 0.717) is 11.1 Å². The molecule has 4 rings (SSSR count). The topological polar surface area (TPSA) is 251 Å². The summed E-state index contributed by atoms with van der Waals surface area (Å²) in [5, 5.41) is 80.7. The first kappa shape index (κ1) is 35.8. The Labute approximate surface area is 268 Å². The Bertz CT molecular complexity index is 1410. The summed E-state index contributed by atoms with van der Waals surface area (Å²) < 4.78 is 33.8. The first-order chi connectivity index (χ1) is 22.2. The summed E-state index contributed by atoms with van der Waals surface area (Å²) in [6.07, 6.45) is -12.6. The number of phenols is 4. The summed E-state index contributed by atoms with van der Waals surface area (Å²) in [7, 11) is 0. The molecule has 2 aliphatic heterocycles. The number of benzene rings is 2. The summed E-state index contributed by atoms with van der Waals surface area (Å²) in [5.41, 5.74) is 0.930. The number of phenolic OH excluding ortho intramolecular Hbond substituents is 4. The highest BCUT2D eigenvalue weighted by molar-refractivity contribution is 5.87. The summed E-state index contributed by atoms with van der Waals surface area (Å²) >= 11 is 0. The van der Waals surface area contributed by atoms with Crippen LogP contribution in [0.1, 0.15) is 25.0 Å². The SMILES string of the molecule is CC(=O)O[C@H]1[C@H](OCCc2ccc(O)c(O)c2)O[C@H](COC(=O)/C=C\c2ccc(O)c(O)c2)[C@@H](O)[C@@H]1O[C@@H]1O[C@@H](C)[C@H](O)[C@@H](O)[C@H]1O. The molecule has 8 N–H and O–H groups in total. The highest BCUT2D eigenvalue weighted by Gasteiger charge is 2.52. The number of ether oxygens (including phenoxy) is 6. The van der Waals surface area contributed by atoms with Crippen LogP contribution in [0.25, 0.3) is 6.08 Å². The van der Waals surface area contributed by atoms with Crippen molar-refractivity contribution in [3.05, 3.63) is 53.6 Å². The number of aliphatic hydroxyl groups is 4. The van der Waals surface area contributed by atoms with Crippen molar-refractivity contribution < 1.29 is 78.9 Å². The fourth-order valence-corrected chi connectivity index (χ4v) is 4.95. The fourth-order valence-electron chi connectivity index (χ4n) is 4.95. The Morgan fingerprint density at radius 2 is 1.49 bits per heavy atom. The van der Waals surface area contributed by atoms with Crippen LogP contribution in [-0.2, 0) is 44.4 Å². The molecule has 2 saturated heterocycles. The molecular weight excluding hydrogens is 628 g/mol. The number of hydrogen-bond donors (Lipinski definition) is 8. The van der Waals surface area contributed by atoms with Crippen molar-refractivity contribution in [2.45, 2.75) is 81.7 Å². The first-order valence-corrected chi connectivity index (χ1v) is 14.6. The van der Waals surface area contributed by atoms with E-state index >= 15 is 0 Å². The zero-order chi connectivity index (χ0) is 34.4. The van der Waals surface area contributed by atoms with Crippen molar-refractivity contribution in [1.82, 2.24) is 0 Å². The summed E-state index contributed by atoms with van der Waals surface area (Å²) in [5.74, 6) is -3.11. The molecular formula is C31H38O16. The second-order valence-corrected chi connectivity index (χ2v) is 11.0. The van der Waals surface area contributed by atoms with Crippen LogP contribution in [0.4, 0.5) is 0 Å². The van der Waals surface area contributed by atoms with Crippen LogP contribution in [0, 0.1) is 0 Å². The molecule has 0 bridgehead atoms. The number of rotatable bonds is 11. The van der Waals surface area contributed by atoms with E-state index in [9.17, 15) is 50.4 Å². The number of esters is 2. The minimum absolute atomic E-state index is 0.103. The molecule has 0 radical (unpaired) electrons. The number of hydrogen-bond acceptors (Lipinski definition) is 16. The molecule has 47 heavy (non-hydrogen) atoms. The number of carbonyl (C=O) groups is 2. The van der Waals surface area contributed by atoms with Crippen LogP contribution in [0.15, 0.2) is 42.5 Å². The van der Waals surface area contributed by atoms with E-state index in [1.165, 1.54) is 49.4 Å². The Kier molecular flexibility index (Phi) is 12.0. The van der Waals surface area contributed by atoms with Gasteiger partial charge in [0.1, 0.15) is 43.2 Å². The predicted octanol–water partition coefficient (Wildman–Crippen LogP) is -0.445. The highest BCUT2D eigenvalue weighted by atomic mass is 16.7. The molecule has 258 valence electrons. The summed E-state index contributed by atoms with van der Waals surface area (Å²) in [6, 6.07) is 8.02. The van der Waals surface area contributed by atoms with E-state index in [-0.39, 0.29) is 30.3 Å². The lowest BCUT2D eigenvalue weighted by Crippen LogP contribution is -2.65. The van der Waals surface area contributed by atoms with Crippen molar-refractivity contribution >= 4 is 18.0 Å². The Morgan fingerprint density at radius 3 is 2.15 bits per heavy atom. The van der Waals surface area contributed by atoms with Gasteiger partial charge in [0, 0.05) is 13.0 Å². The average Bonchev–Trinajstić information content (AvgIpc) is 3.02. The van der Waals surface area contributed by atoms with Gasteiger partial charge >= 0.3 is 11.9 Å². The van der Waals surface area contributed by atoms with Gasteiger partial charge in [0.2, 0.25) is 0 Å². The minimum Gasteiger partial charge on any atom is -0.504 e. The van der Waals surface area contributed by atoms with E-state index in [1.807, 2.05) is 0 Å². The molecule has 0 amide bonds. The Balaban J connectivity index is 1.53. The standard InChI is InChI=1S/C31H38O16/c1-14-24(38)26(40)27(41)30(44-14)47-28-25(39)22(13-43-23(37)8-5-16-3-6-18(33)20(35)11-16)46-31(29(28)45-15(2)32)42-10-9-17-4-7-19(34)21(36)12-17/h3-8,11-12,14,22,24-31,33-36,38-41H,9-10,13H2,1-2H3/b8-5-/t14-,22+,24-,25+,26+,27+,28-,29+,30-,31+/m0/s1. The molecule has 10 atom stereocenters. The van der Waals surface area contributed by atoms with Crippen molar-refractivity contribution in [1.29, 1.82) is 0 Å². The monoisotopic (exact) mass is 666 g/mol. The van der Waals surface area contributed by atoms with E-state index in [4.69, 9.17) is 28.4 Å². The molecule has 2 fully saturated rings. The Hall–Kier alpha value is -4.00. The molecule has 0 spiro atoms. The lowest BCUT2D eigenvalue weighted by molar-refractivity contribution is -0.357. The third-order valence-corrected chi connectivity index (χ3v) is 7.53.